The second-order valence-corrected chi connectivity index (χ2v) is 8.40. The molecule has 2 aromatic carbocycles. The van der Waals surface area contributed by atoms with Crippen LogP contribution in [0.15, 0.2) is 48.5 Å². The number of hydrogen-bond acceptors (Lipinski definition) is 4. The molecule has 0 radical (unpaired) electrons. The lowest BCUT2D eigenvalue weighted by molar-refractivity contribution is -0.150. The predicted molar refractivity (Wildman–Crippen MR) is 121 cm³/mol. The predicted octanol–water partition coefficient (Wildman–Crippen LogP) is 3.09. The molecule has 3 amide bonds. The van der Waals surface area contributed by atoms with E-state index < -0.39 is 6.03 Å². The largest absolute Gasteiger partial charge is 0.377 e. The molecule has 4 rings (SSSR count). The zero-order valence-electron chi connectivity index (χ0n) is 17.3. The van der Waals surface area contributed by atoms with Crippen molar-refractivity contribution in [1.82, 2.24) is 9.80 Å². The minimum absolute atomic E-state index is 0.0754. The van der Waals surface area contributed by atoms with Crippen molar-refractivity contribution in [2.24, 2.45) is 5.73 Å². The third-order valence-electron chi connectivity index (χ3n) is 5.60. The Morgan fingerprint density at radius 2 is 1.84 bits per heavy atom. The van der Waals surface area contributed by atoms with Gasteiger partial charge in [-0.05, 0) is 41.5 Å². The Kier molecular flexibility index (Phi) is 6.74. The van der Waals surface area contributed by atoms with Crippen LogP contribution in [0.2, 0.25) is 5.02 Å². The summed E-state index contributed by atoms with van der Waals surface area (Å²) in [6.07, 6.45) is 3.14. The van der Waals surface area contributed by atoms with Crippen LogP contribution in [0.25, 0.3) is 6.08 Å². The van der Waals surface area contributed by atoms with Gasteiger partial charge in [-0.3, -0.25) is 9.69 Å². The molecule has 0 spiro atoms. The van der Waals surface area contributed by atoms with Gasteiger partial charge in [0, 0.05) is 30.7 Å². The second-order valence-electron chi connectivity index (χ2n) is 7.97. The van der Waals surface area contributed by atoms with Crippen molar-refractivity contribution in [2.45, 2.75) is 18.6 Å². The smallest absolute Gasteiger partial charge is 0.316 e. The van der Waals surface area contributed by atoms with Crippen molar-refractivity contribution in [1.29, 1.82) is 0 Å². The van der Waals surface area contributed by atoms with E-state index in [9.17, 15) is 14.0 Å². The Balaban J connectivity index is 1.45. The first-order valence-corrected chi connectivity index (χ1v) is 10.7. The van der Waals surface area contributed by atoms with Gasteiger partial charge >= 0.3 is 6.03 Å². The van der Waals surface area contributed by atoms with Crippen LogP contribution in [0.5, 0.6) is 0 Å². The highest BCUT2D eigenvalue weighted by Crippen LogP contribution is 2.25. The van der Waals surface area contributed by atoms with Gasteiger partial charge in [-0.2, -0.15) is 0 Å². The molecule has 32 heavy (non-hydrogen) atoms. The van der Waals surface area contributed by atoms with Crippen LogP contribution in [0, 0.1) is 5.82 Å². The molecular weight excluding hydrogens is 435 g/mol. The summed E-state index contributed by atoms with van der Waals surface area (Å²) in [5.74, 6) is -0.374. The van der Waals surface area contributed by atoms with Crippen molar-refractivity contribution in [3.05, 3.63) is 70.5 Å². The topological polar surface area (TPSA) is 87.9 Å². The number of hydrogen-bond donors (Lipinski definition) is 2. The van der Waals surface area contributed by atoms with Crippen LogP contribution < -0.4 is 11.1 Å². The normalized spacial score (nSPS) is 21.0. The highest BCUT2D eigenvalue weighted by atomic mass is 35.5. The molecule has 0 aliphatic carbocycles. The van der Waals surface area contributed by atoms with E-state index in [2.05, 4.69) is 10.2 Å². The third-order valence-corrected chi connectivity index (χ3v) is 5.83. The first-order valence-electron chi connectivity index (χ1n) is 10.3. The van der Waals surface area contributed by atoms with E-state index in [0.717, 1.165) is 5.56 Å². The average Bonchev–Trinajstić information content (AvgIpc) is 2.73. The van der Waals surface area contributed by atoms with Gasteiger partial charge in [-0.1, -0.05) is 29.8 Å². The number of halogens is 2. The van der Waals surface area contributed by atoms with Gasteiger partial charge in [-0.25, -0.2) is 9.18 Å². The number of amides is 3. The number of nitrogens with two attached hydrogens (primary N) is 1. The van der Waals surface area contributed by atoms with Gasteiger partial charge in [0.05, 0.1) is 31.0 Å². The van der Waals surface area contributed by atoms with E-state index >= 15 is 0 Å². The molecule has 2 atom stereocenters. The summed E-state index contributed by atoms with van der Waals surface area (Å²) >= 11 is 6.00. The number of anilines is 1. The molecular formula is C23H24ClFN4O3. The van der Waals surface area contributed by atoms with E-state index in [0.29, 0.717) is 49.1 Å². The van der Waals surface area contributed by atoms with E-state index in [1.165, 1.54) is 18.2 Å². The van der Waals surface area contributed by atoms with E-state index in [-0.39, 0.29) is 23.8 Å². The van der Waals surface area contributed by atoms with Crippen LogP contribution in [0.1, 0.15) is 11.1 Å². The number of urea groups is 1. The Bertz CT molecular complexity index is 1020. The Morgan fingerprint density at radius 3 is 2.50 bits per heavy atom. The maximum Gasteiger partial charge on any atom is 0.316 e. The molecule has 2 aliphatic heterocycles. The van der Waals surface area contributed by atoms with Crippen molar-refractivity contribution in [3.8, 4) is 0 Å². The molecule has 7 nitrogen and oxygen atoms in total. The number of primary amides is 1. The fraction of sp³-hybridized carbons (Fsp3) is 0.304. The van der Waals surface area contributed by atoms with Crippen LogP contribution >= 0.6 is 11.6 Å². The third kappa shape index (κ3) is 5.27. The molecule has 2 bridgehead atoms. The highest BCUT2D eigenvalue weighted by molar-refractivity contribution is 6.31. The molecule has 2 unspecified atom stereocenters. The van der Waals surface area contributed by atoms with Gasteiger partial charge in [-0.15, -0.1) is 0 Å². The fourth-order valence-corrected chi connectivity index (χ4v) is 4.42. The standard InChI is InChI=1S/C23H24ClFN4O3/c24-17-5-3-16(21(9-17)27-23(26)31)4-8-22(30)29-19-11-28(12-20(29)14-32-13-19)10-15-1-6-18(25)7-2-15/h1-9,19-20H,10-14H2,(H3,26,27,31)/b8-4+. The molecule has 9 heteroatoms. The SMILES string of the molecule is NC(=O)Nc1cc(Cl)ccc1/C=C/C(=O)N1C2COCC1CN(Cc1ccc(F)cc1)C2. The van der Waals surface area contributed by atoms with Crippen molar-refractivity contribution in [3.63, 3.8) is 0 Å². The summed E-state index contributed by atoms with van der Waals surface area (Å²) in [4.78, 5) is 28.5. The maximum atomic E-state index is 13.2. The fourth-order valence-electron chi connectivity index (χ4n) is 4.25. The minimum atomic E-state index is -0.711. The van der Waals surface area contributed by atoms with Crippen molar-refractivity contribution < 1.29 is 18.7 Å². The molecule has 0 saturated carbocycles. The summed E-state index contributed by atoms with van der Waals surface area (Å²) in [7, 11) is 0. The number of fused-ring (bicyclic) bond motifs is 2. The van der Waals surface area contributed by atoms with Gasteiger partial charge in [0.15, 0.2) is 0 Å². The first kappa shape index (κ1) is 22.3. The number of morpholine rings is 1. The first-order chi connectivity index (χ1) is 15.4. The van der Waals surface area contributed by atoms with Crippen LogP contribution in [-0.2, 0) is 16.1 Å². The number of piperazine rings is 1. The number of nitrogens with zero attached hydrogens (tertiary/aromatic N) is 2. The lowest BCUT2D eigenvalue weighted by Gasteiger charge is -2.49. The molecule has 168 valence electrons. The minimum Gasteiger partial charge on any atom is -0.377 e. The van der Waals surface area contributed by atoms with E-state index in [4.69, 9.17) is 22.1 Å². The number of rotatable bonds is 5. The summed E-state index contributed by atoms with van der Waals surface area (Å²) in [5.41, 5.74) is 7.31. The maximum absolute atomic E-state index is 13.2. The quantitative estimate of drug-likeness (QED) is 0.674. The summed E-state index contributed by atoms with van der Waals surface area (Å²) in [5, 5.41) is 2.96. The lowest BCUT2D eigenvalue weighted by atomic mass is 10.0. The number of carbonyl (C=O) groups excluding carboxylic acids is 2. The Hall–Kier alpha value is -2.94. The monoisotopic (exact) mass is 458 g/mol. The molecule has 2 saturated heterocycles. The van der Waals surface area contributed by atoms with Gasteiger partial charge in [0.1, 0.15) is 5.82 Å². The van der Waals surface area contributed by atoms with E-state index in [1.807, 2.05) is 4.90 Å². The number of benzene rings is 2. The highest BCUT2D eigenvalue weighted by Gasteiger charge is 2.40. The Morgan fingerprint density at radius 1 is 1.16 bits per heavy atom. The van der Waals surface area contributed by atoms with Crippen molar-refractivity contribution >= 4 is 35.3 Å². The van der Waals surface area contributed by atoms with Gasteiger partial charge in [0.2, 0.25) is 5.91 Å². The molecule has 3 N–H and O–H groups in total. The lowest BCUT2D eigenvalue weighted by Crippen LogP contribution is -2.65. The number of nitrogens with one attached hydrogen (secondary N) is 1. The van der Waals surface area contributed by atoms with E-state index in [1.54, 1.807) is 36.4 Å². The average molecular weight is 459 g/mol. The Labute approximate surface area is 190 Å². The van der Waals surface area contributed by atoms with Gasteiger partial charge < -0.3 is 20.7 Å². The number of carbonyl (C=O) groups is 2. The summed E-state index contributed by atoms with van der Waals surface area (Å²) in [6.45, 7) is 2.96. The zero-order chi connectivity index (χ0) is 22.7. The summed E-state index contributed by atoms with van der Waals surface area (Å²) < 4.78 is 18.9. The summed E-state index contributed by atoms with van der Waals surface area (Å²) in [6, 6.07) is 10.6. The number of ether oxygens (including phenoxy) is 1. The van der Waals surface area contributed by atoms with Crippen molar-refractivity contribution in [2.75, 3.05) is 31.6 Å². The van der Waals surface area contributed by atoms with Crippen LogP contribution in [-0.4, -0.2) is 60.1 Å². The zero-order valence-corrected chi connectivity index (χ0v) is 18.1. The van der Waals surface area contributed by atoms with Crippen LogP contribution in [0.4, 0.5) is 14.9 Å². The van der Waals surface area contributed by atoms with Gasteiger partial charge in [0.25, 0.3) is 0 Å². The van der Waals surface area contributed by atoms with Crippen LogP contribution in [0.3, 0.4) is 0 Å². The second kappa shape index (κ2) is 9.68. The molecule has 2 aliphatic rings. The molecule has 2 fully saturated rings. The molecule has 0 aromatic heterocycles. The molecule has 2 heterocycles. The molecule has 2 aromatic rings.